The molecule has 2 heterocycles. The predicted octanol–water partition coefficient (Wildman–Crippen LogP) is 1.87. The number of aryl methyl sites for hydroxylation is 1. The molecule has 2 atom stereocenters. The summed E-state index contributed by atoms with van der Waals surface area (Å²) in [5.74, 6) is 0.347. The van der Waals surface area contributed by atoms with Gasteiger partial charge in [0, 0.05) is 32.2 Å². The van der Waals surface area contributed by atoms with E-state index < -0.39 is 0 Å². The Labute approximate surface area is 143 Å². The second kappa shape index (κ2) is 7.53. The van der Waals surface area contributed by atoms with E-state index in [0.29, 0.717) is 24.6 Å². The van der Waals surface area contributed by atoms with Gasteiger partial charge in [0.1, 0.15) is 5.75 Å². The van der Waals surface area contributed by atoms with Crippen LogP contribution in [0.1, 0.15) is 35.2 Å². The van der Waals surface area contributed by atoms with Gasteiger partial charge in [-0.05, 0) is 56.5 Å². The largest absolute Gasteiger partial charge is 0.507 e. The Morgan fingerprint density at radius 2 is 1.88 bits per heavy atom. The number of aliphatic hydroxyl groups excluding tert-OH is 1. The quantitative estimate of drug-likeness (QED) is 0.883. The minimum Gasteiger partial charge on any atom is -0.507 e. The summed E-state index contributed by atoms with van der Waals surface area (Å²) in [5, 5.41) is 19.8. The van der Waals surface area contributed by atoms with Crippen molar-refractivity contribution in [3.63, 3.8) is 0 Å². The van der Waals surface area contributed by atoms with E-state index in [1.165, 1.54) is 19.3 Å². The lowest BCUT2D eigenvalue weighted by Gasteiger charge is -2.30. The maximum absolute atomic E-state index is 12.7. The summed E-state index contributed by atoms with van der Waals surface area (Å²) in [6.07, 6.45) is 3.80. The number of hydrogen-bond donors (Lipinski definition) is 2. The van der Waals surface area contributed by atoms with E-state index in [-0.39, 0.29) is 24.2 Å². The molecule has 0 bridgehead atoms. The highest BCUT2D eigenvalue weighted by Crippen LogP contribution is 2.28. The van der Waals surface area contributed by atoms with E-state index in [1.807, 2.05) is 13.0 Å². The van der Waals surface area contributed by atoms with Crippen LogP contribution in [0.25, 0.3) is 0 Å². The average molecular weight is 332 g/mol. The van der Waals surface area contributed by atoms with Crippen molar-refractivity contribution in [2.75, 3.05) is 39.3 Å². The summed E-state index contributed by atoms with van der Waals surface area (Å²) in [7, 11) is 0. The molecule has 0 aromatic heterocycles. The van der Waals surface area contributed by atoms with Crippen molar-refractivity contribution in [2.24, 2.45) is 11.8 Å². The number of carbonyl (C=O) groups is 1. The highest BCUT2D eigenvalue weighted by molar-refractivity contribution is 5.97. The Bertz CT molecular complexity index is 584. The van der Waals surface area contributed by atoms with Crippen molar-refractivity contribution >= 4 is 5.91 Å². The van der Waals surface area contributed by atoms with E-state index in [4.69, 9.17) is 0 Å². The van der Waals surface area contributed by atoms with Gasteiger partial charge in [0.15, 0.2) is 0 Å². The number of benzene rings is 1. The maximum Gasteiger partial charge on any atom is 0.257 e. The van der Waals surface area contributed by atoms with Gasteiger partial charge in [-0.2, -0.15) is 0 Å². The molecule has 1 amide bonds. The topological polar surface area (TPSA) is 64.0 Å². The van der Waals surface area contributed by atoms with Crippen LogP contribution in [0.4, 0.5) is 0 Å². The van der Waals surface area contributed by atoms with Gasteiger partial charge in [-0.3, -0.25) is 4.79 Å². The van der Waals surface area contributed by atoms with Crippen LogP contribution in [0.2, 0.25) is 0 Å². The second-order valence-electron chi connectivity index (χ2n) is 7.29. The summed E-state index contributed by atoms with van der Waals surface area (Å²) in [4.78, 5) is 17.0. The van der Waals surface area contributed by atoms with Gasteiger partial charge in [0.25, 0.3) is 5.91 Å². The molecule has 0 aliphatic carbocycles. The van der Waals surface area contributed by atoms with Crippen molar-refractivity contribution in [1.82, 2.24) is 9.80 Å². The van der Waals surface area contributed by atoms with Gasteiger partial charge in [0.2, 0.25) is 0 Å². The number of hydrogen-bond acceptors (Lipinski definition) is 4. The molecule has 2 aliphatic rings. The first-order valence-electron chi connectivity index (χ1n) is 9.00. The smallest absolute Gasteiger partial charge is 0.257 e. The van der Waals surface area contributed by atoms with E-state index in [0.717, 1.165) is 25.2 Å². The Hall–Kier alpha value is -1.59. The summed E-state index contributed by atoms with van der Waals surface area (Å²) in [6.45, 7) is 6.44. The van der Waals surface area contributed by atoms with Crippen LogP contribution in [0, 0.1) is 18.8 Å². The van der Waals surface area contributed by atoms with Gasteiger partial charge < -0.3 is 20.0 Å². The molecule has 2 fully saturated rings. The van der Waals surface area contributed by atoms with Crippen LogP contribution in [-0.4, -0.2) is 65.3 Å². The Kier molecular flexibility index (Phi) is 5.41. The molecule has 2 unspecified atom stereocenters. The van der Waals surface area contributed by atoms with Crippen LogP contribution >= 0.6 is 0 Å². The minimum atomic E-state index is -0.132. The van der Waals surface area contributed by atoms with Crippen molar-refractivity contribution in [2.45, 2.75) is 26.2 Å². The molecule has 5 nitrogen and oxygen atoms in total. The molecule has 24 heavy (non-hydrogen) atoms. The monoisotopic (exact) mass is 332 g/mol. The third-order valence-electron chi connectivity index (χ3n) is 5.42. The molecule has 0 radical (unpaired) electrons. The van der Waals surface area contributed by atoms with Crippen molar-refractivity contribution < 1.29 is 15.0 Å². The summed E-state index contributed by atoms with van der Waals surface area (Å²) < 4.78 is 0. The van der Waals surface area contributed by atoms with Crippen LogP contribution in [0.5, 0.6) is 5.75 Å². The van der Waals surface area contributed by atoms with Gasteiger partial charge in [-0.1, -0.05) is 12.5 Å². The average Bonchev–Trinajstić information content (AvgIpc) is 2.98. The van der Waals surface area contributed by atoms with Gasteiger partial charge in [0.05, 0.1) is 5.56 Å². The lowest BCUT2D eigenvalue weighted by molar-refractivity contribution is 0.0775. The predicted molar refractivity (Wildman–Crippen MR) is 93.1 cm³/mol. The zero-order valence-corrected chi connectivity index (χ0v) is 14.4. The minimum absolute atomic E-state index is 0.0417. The van der Waals surface area contributed by atoms with E-state index >= 15 is 0 Å². The van der Waals surface area contributed by atoms with Gasteiger partial charge in [-0.15, -0.1) is 0 Å². The van der Waals surface area contributed by atoms with Crippen molar-refractivity contribution in [1.29, 1.82) is 0 Å². The maximum atomic E-state index is 12.7. The Morgan fingerprint density at radius 3 is 2.54 bits per heavy atom. The fraction of sp³-hybridized carbons (Fsp3) is 0.632. The number of rotatable bonds is 4. The lowest BCUT2D eigenvalue weighted by atomic mass is 9.95. The normalized spacial score (nSPS) is 25.2. The van der Waals surface area contributed by atoms with Crippen molar-refractivity contribution in [3.05, 3.63) is 29.3 Å². The third kappa shape index (κ3) is 3.73. The summed E-state index contributed by atoms with van der Waals surface area (Å²) in [5.41, 5.74) is 1.29. The highest BCUT2D eigenvalue weighted by Gasteiger charge is 2.36. The molecular weight excluding hydrogens is 304 g/mol. The molecule has 3 rings (SSSR count). The van der Waals surface area contributed by atoms with Crippen molar-refractivity contribution in [3.8, 4) is 5.75 Å². The van der Waals surface area contributed by atoms with Crippen LogP contribution in [-0.2, 0) is 0 Å². The zero-order chi connectivity index (χ0) is 17.1. The number of likely N-dealkylation sites (tertiary alicyclic amines) is 2. The highest BCUT2D eigenvalue weighted by atomic mass is 16.3. The zero-order valence-electron chi connectivity index (χ0n) is 14.4. The number of phenols is 1. The fourth-order valence-electron chi connectivity index (χ4n) is 3.98. The van der Waals surface area contributed by atoms with Gasteiger partial charge >= 0.3 is 0 Å². The number of piperidine rings is 1. The number of nitrogens with zero attached hydrogens (tertiary/aromatic N) is 2. The SMILES string of the molecule is Cc1ccc(C(=O)N2CC(CO)C(CN3CCCCC3)C2)c(O)c1. The molecule has 5 heteroatoms. The molecule has 2 saturated heterocycles. The molecule has 2 N–H and O–H groups in total. The first-order valence-corrected chi connectivity index (χ1v) is 9.00. The Balaban J connectivity index is 1.67. The number of phenolic OH excluding ortho intramolecular Hbond substituents is 1. The van der Waals surface area contributed by atoms with Crippen LogP contribution < -0.4 is 0 Å². The standard InChI is InChI=1S/C19H28N2O3/c1-14-5-6-17(18(23)9-14)19(24)21-11-15(16(12-21)13-22)10-20-7-3-2-4-8-20/h5-6,9,15-16,22-23H,2-4,7-8,10-13H2,1H3. The lowest BCUT2D eigenvalue weighted by Crippen LogP contribution is -2.37. The number of aliphatic hydroxyl groups is 1. The summed E-state index contributed by atoms with van der Waals surface area (Å²) in [6, 6.07) is 5.16. The molecule has 132 valence electrons. The van der Waals surface area contributed by atoms with Crippen LogP contribution in [0.15, 0.2) is 18.2 Å². The molecule has 1 aromatic rings. The Morgan fingerprint density at radius 1 is 1.17 bits per heavy atom. The number of carbonyl (C=O) groups excluding carboxylic acids is 1. The van der Waals surface area contributed by atoms with E-state index in [2.05, 4.69) is 4.90 Å². The second-order valence-corrected chi connectivity index (χ2v) is 7.29. The van der Waals surface area contributed by atoms with Crippen LogP contribution in [0.3, 0.4) is 0 Å². The molecular formula is C19H28N2O3. The number of amides is 1. The van der Waals surface area contributed by atoms with E-state index in [9.17, 15) is 15.0 Å². The molecule has 0 spiro atoms. The summed E-state index contributed by atoms with van der Waals surface area (Å²) >= 11 is 0. The first kappa shape index (κ1) is 17.2. The third-order valence-corrected chi connectivity index (χ3v) is 5.42. The molecule has 0 saturated carbocycles. The number of aromatic hydroxyl groups is 1. The van der Waals surface area contributed by atoms with Gasteiger partial charge in [-0.25, -0.2) is 0 Å². The molecule has 2 aliphatic heterocycles. The van der Waals surface area contributed by atoms with E-state index in [1.54, 1.807) is 17.0 Å². The first-order chi connectivity index (χ1) is 11.6. The molecule has 1 aromatic carbocycles. The fourth-order valence-corrected chi connectivity index (χ4v) is 3.98.